The molecule has 0 amide bonds. The van der Waals surface area contributed by atoms with Crippen molar-refractivity contribution in [3.63, 3.8) is 0 Å². The summed E-state index contributed by atoms with van der Waals surface area (Å²) in [7, 11) is 0.877. The van der Waals surface area contributed by atoms with Crippen molar-refractivity contribution in [2.24, 2.45) is 5.73 Å². The van der Waals surface area contributed by atoms with Gasteiger partial charge in [0.25, 0.3) is 0 Å². The minimum atomic E-state index is -5.21. The average molecular weight is 483 g/mol. The number of esters is 1. The number of carbonyl (C=O) groups is 2. The van der Waals surface area contributed by atoms with Gasteiger partial charge in [0.15, 0.2) is 0 Å². The van der Waals surface area contributed by atoms with Crippen molar-refractivity contribution in [3.05, 3.63) is 56.6 Å². The van der Waals surface area contributed by atoms with Crippen LogP contribution in [0.5, 0.6) is 0 Å². The van der Waals surface area contributed by atoms with Gasteiger partial charge in [-0.3, -0.25) is 0 Å². The summed E-state index contributed by atoms with van der Waals surface area (Å²) in [6, 6.07) is 1.28. The molecule has 0 saturated carbocycles. The Bertz CT molecular complexity index is 975. The first-order valence-electron chi connectivity index (χ1n) is 9.35. The number of hydrogen-bond acceptors (Lipinski definition) is 5. The standard InChI is InChI=1S/C20H20ClF5N2O4/c1-32-19(31)15-12(8-22)28-11(4-2-3-7-27)14(18(29)30)16(15)13-10(23)6-5-9(21)17(13)20(24,25)26/h5-6,16,28H,2-4,7-8,27H2,1H3,(H,29,30). The molecule has 6 nitrogen and oxygen atoms in total. The van der Waals surface area contributed by atoms with Crippen molar-refractivity contribution in [2.75, 3.05) is 20.3 Å². The Labute approximate surface area is 184 Å². The number of methoxy groups -OCH3 is 1. The number of aliphatic carboxylic acids is 1. The number of carbonyl (C=O) groups excluding carboxylic acids is 1. The average Bonchev–Trinajstić information content (AvgIpc) is 2.72. The predicted molar refractivity (Wildman–Crippen MR) is 105 cm³/mol. The van der Waals surface area contributed by atoms with Crippen LogP contribution < -0.4 is 11.1 Å². The fourth-order valence-electron chi connectivity index (χ4n) is 3.59. The van der Waals surface area contributed by atoms with Crippen LogP contribution in [0.15, 0.2) is 34.7 Å². The van der Waals surface area contributed by atoms with Crippen LogP contribution in [0, 0.1) is 5.82 Å². The number of alkyl halides is 4. The van der Waals surface area contributed by atoms with Gasteiger partial charge in [-0.15, -0.1) is 0 Å². The summed E-state index contributed by atoms with van der Waals surface area (Å²) in [5.41, 5.74) is 0.335. The number of allylic oxidation sites excluding steroid dienone is 2. The summed E-state index contributed by atoms with van der Waals surface area (Å²) in [5, 5.41) is 11.4. The van der Waals surface area contributed by atoms with E-state index in [4.69, 9.17) is 17.3 Å². The zero-order chi connectivity index (χ0) is 24.2. The third kappa shape index (κ3) is 5.04. The number of dihydropyridines is 1. The second kappa shape index (κ2) is 10.3. The minimum Gasteiger partial charge on any atom is -0.478 e. The van der Waals surface area contributed by atoms with Gasteiger partial charge in [-0.05, 0) is 37.9 Å². The van der Waals surface area contributed by atoms with Crippen molar-refractivity contribution < 1.29 is 41.4 Å². The molecular weight excluding hydrogens is 463 g/mol. The molecule has 1 unspecified atom stereocenters. The van der Waals surface area contributed by atoms with Gasteiger partial charge >= 0.3 is 18.1 Å². The van der Waals surface area contributed by atoms with Gasteiger partial charge in [0.1, 0.15) is 12.5 Å². The van der Waals surface area contributed by atoms with Crippen LogP contribution >= 0.6 is 11.6 Å². The lowest BCUT2D eigenvalue weighted by Gasteiger charge is -2.32. The first-order chi connectivity index (χ1) is 15.0. The lowest BCUT2D eigenvalue weighted by Crippen LogP contribution is -2.35. The molecule has 0 radical (unpaired) electrons. The maximum atomic E-state index is 14.9. The Hall–Kier alpha value is -2.66. The van der Waals surface area contributed by atoms with Crippen molar-refractivity contribution in [1.82, 2.24) is 5.32 Å². The second-order valence-electron chi connectivity index (χ2n) is 6.83. The van der Waals surface area contributed by atoms with Gasteiger partial charge in [0.2, 0.25) is 0 Å². The summed E-state index contributed by atoms with van der Waals surface area (Å²) < 4.78 is 74.9. The molecule has 12 heteroatoms. The zero-order valence-electron chi connectivity index (χ0n) is 16.8. The van der Waals surface area contributed by atoms with E-state index in [1.165, 1.54) is 0 Å². The molecule has 0 bridgehead atoms. The molecule has 4 N–H and O–H groups in total. The van der Waals surface area contributed by atoms with E-state index in [0.29, 0.717) is 25.0 Å². The highest BCUT2D eigenvalue weighted by molar-refractivity contribution is 6.31. The van der Waals surface area contributed by atoms with Crippen LogP contribution in [0.4, 0.5) is 22.0 Å². The lowest BCUT2D eigenvalue weighted by molar-refractivity contribution is -0.140. The Morgan fingerprint density at radius 3 is 2.38 bits per heavy atom. The predicted octanol–water partition coefficient (Wildman–Crippen LogP) is 4.05. The SMILES string of the molecule is COC(=O)C1=C(CF)NC(CCCCN)=C(C(=O)O)C1c1c(F)ccc(Cl)c1C(F)(F)F. The number of ether oxygens (including phenoxy) is 1. The number of carboxylic acids is 1. The zero-order valence-corrected chi connectivity index (χ0v) is 17.5. The van der Waals surface area contributed by atoms with Gasteiger partial charge in [0, 0.05) is 11.3 Å². The van der Waals surface area contributed by atoms with Crippen molar-refractivity contribution in [3.8, 4) is 0 Å². The third-order valence-corrected chi connectivity index (χ3v) is 5.21. The first kappa shape index (κ1) is 25.6. The maximum absolute atomic E-state index is 14.9. The molecule has 32 heavy (non-hydrogen) atoms. The van der Waals surface area contributed by atoms with Gasteiger partial charge in [-0.2, -0.15) is 13.2 Å². The van der Waals surface area contributed by atoms with Crippen molar-refractivity contribution in [2.45, 2.75) is 31.4 Å². The molecular formula is C20H20ClF5N2O4. The van der Waals surface area contributed by atoms with Crippen LogP contribution in [0.2, 0.25) is 5.02 Å². The van der Waals surface area contributed by atoms with Gasteiger partial charge in [-0.1, -0.05) is 11.6 Å². The van der Waals surface area contributed by atoms with E-state index in [1.807, 2.05) is 0 Å². The number of carboxylic acid groups (broad SMARTS) is 1. The molecule has 176 valence electrons. The van der Waals surface area contributed by atoms with E-state index in [9.17, 15) is 36.6 Å². The number of nitrogens with two attached hydrogens (primary N) is 1. The van der Waals surface area contributed by atoms with E-state index < -0.39 is 69.5 Å². The van der Waals surface area contributed by atoms with Crippen LogP contribution in [-0.2, 0) is 20.5 Å². The Kier molecular flexibility index (Phi) is 8.24. The molecule has 2 rings (SSSR count). The maximum Gasteiger partial charge on any atom is 0.418 e. The smallest absolute Gasteiger partial charge is 0.418 e. The molecule has 0 spiro atoms. The van der Waals surface area contributed by atoms with Gasteiger partial charge < -0.3 is 20.9 Å². The fraction of sp³-hybridized carbons (Fsp3) is 0.400. The van der Waals surface area contributed by atoms with E-state index in [2.05, 4.69) is 10.1 Å². The summed E-state index contributed by atoms with van der Waals surface area (Å²) in [6.07, 6.45) is -4.52. The van der Waals surface area contributed by atoms with Crippen LogP contribution in [0.3, 0.4) is 0 Å². The largest absolute Gasteiger partial charge is 0.478 e. The van der Waals surface area contributed by atoms with Crippen molar-refractivity contribution in [1.29, 1.82) is 0 Å². The summed E-state index contributed by atoms with van der Waals surface area (Å²) in [5.74, 6) is -6.64. The summed E-state index contributed by atoms with van der Waals surface area (Å²) in [6.45, 7) is -1.13. The Morgan fingerprint density at radius 1 is 1.22 bits per heavy atom. The van der Waals surface area contributed by atoms with E-state index in [1.54, 1.807) is 0 Å². The van der Waals surface area contributed by atoms with Gasteiger partial charge in [0.05, 0.1) is 40.5 Å². The molecule has 1 aliphatic heterocycles. The molecule has 0 aliphatic carbocycles. The number of hydrogen-bond donors (Lipinski definition) is 3. The molecule has 1 aromatic rings. The Balaban J connectivity index is 2.96. The number of unbranched alkanes of at least 4 members (excludes halogenated alkanes) is 1. The molecule has 1 atom stereocenters. The van der Waals surface area contributed by atoms with Crippen molar-refractivity contribution >= 4 is 23.5 Å². The summed E-state index contributed by atoms with van der Waals surface area (Å²) in [4.78, 5) is 24.6. The topological polar surface area (TPSA) is 102 Å². The van der Waals surface area contributed by atoms with Gasteiger partial charge in [-0.25, -0.2) is 18.4 Å². The highest BCUT2D eigenvalue weighted by Crippen LogP contribution is 2.48. The molecule has 1 aromatic carbocycles. The quantitative estimate of drug-likeness (QED) is 0.293. The van der Waals surface area contributed by atoms with Crippen LogP contribution in [-0.4, -0.2) is 37.4 Å². The van der Waals surface area contributed by atoms with E-state index in [0.717, 1.165) is 7.11 Å². The number of nitrogens with one attached hydrogen (secondary N) is 1. The Morgan fingerprint density at radius 2 is 1.88 bits per heavy atom. The highest BCUT2D eigenvalue weighted by Gasteiger charge is 2.46. The van der Waals surface area contributed by atoms with E-state index >= 15 is 0 Å². The lowest BCUT2D eigenvalue weighted by atomic mass is 9.77. The molecule has 1 aliphatic rings. The second-order valence-corrected chi connectivity index (χ2v) is 7.24. The summed E-state index contributed by atoms with van der Waals surface area (Å²) >= 11 is 5.72. The highest BCUT2D eigenvalue weighted by atomic mass is 35.5. The molecule has 1 heterocycles. The first-order valence-corrected chi connectivity index (χ1v) is 9.73. The van der Waals surface area contributed by atoms with Crippen LogP contribution in [0.25, 0.3) is 0 Å². The molecule has 0 aromatic heterocycles. The number of halogens is 6. The third-order valence-electron chi connectivity index (χ3n) is 4.89. The molecule has 0 saturated heterocycles. The fourth-order valence-corrected chi connectivity index (χ4v) is 3.86. The number of benzene rings is 1. The van der Waals surface area contributed by atoms with Crippen LogP contribution in [0.1, 0.15) is 36.3 Å². The molecule has 0 fully saturated rings. The minimum absolute atomic E-state index is 0.0448. The monoisotopic (exact) mass is 482 g/mol. The normalized spacial score (nSPS) is 16.8. The van der Waals surface area contributed by atoms with E-state index in [-0.39, 0.29) is 18.7 Å². The number of rotatable bonds is 8.